The molecule has 0 saturated heterocycles. The molecule has 0 amide bonds. The van der Waals surface area contributed by atoms with Crippen LogP contribution in [0.2, 0.25) is 0 Å². The number of hydrogen-bond donors (Lipinski definition) is 0. The molecule has 4 aromatic rings. The number of thiazole rings is 1. The van der Waals surface area contributed by atoms with Gasteiger partial charge in [0.25, 0.3) is 0 Å². The highest BCUT2D eigenvalue weighted by atomic mass is 32.1. The SMILES string of the molecule is COC(=O)c1ccc2c(c1)CN(c1ncc(Cc3cccc(-n4cccn4)c3)s1)CC2. The van der Waals surface area contributed by atoms with Crippen molar-refractivity contribution in [3.63, 3.8) is 0 Å². The minimum absolute atomic E-state index is 0.297. The Morgan fingerprint density at radius 2 is 2.10 bits per heavy atom. The van der Waals surface area contributed by atoms with Crippen LogP contribution in [0.1, 0.15) is 31.9 Å². The van der Waals surface area contributed by atoms with Crippen LogP contribution in [0.4, 0.5) is 5.13 Å². The third-order valence-corrected chi connectivity index (χ3v) is 6.57. The summed E-state index contributed by atoms with van der Waals surface area (Å²) in [5.41, 5.74) is 5.34. The van der Waals surface area contributed by atoms with Gasteiger partial charge in [-0.2, -0.15) is 5.10 Å². The molecule has 2 aromatic carbocycles. The second-order valence-electron chi connectivity index (χ2n) is 7.55. The predicted octanol–water partition coefficient (Wildman–Crippen LogP) is 4.27. The molecule has 1 aliphatic rings. The zero-order chi connectivity index (χ0) is 21.2. The normalized spacial score (nSPS) is 13.1. The van der Waals surface area contributed by atoms with E-state index in [4.69, 9.17) is 9.72 Å². The van der Waals surface area contributed by atoms with Gasteiger partial charge in [0.05, 0.1) is 18.4 Å². The molecule has 6 nitrogen and oxygen atoms in total. The maximum atomic E-state index is 11.9. The average Bonchev–Trinajstić information content (AvgIpc) is 3.51. The van der Waals surface area contributed by atoms with Crippen LogP contribution in [0.25, 0.3) is 5.69 Å². The van der Waals surface area contributed by atoms with Gasteiger partial charge < -0.3 is 9.64 Å². The lowest BCUT2D eigenvalue weighted by molar-refractivity contribution is 0.0600. The largest absolute Gasteiger partial charge is 0.465 e. The van der Waals surface area contributed by atoms with E-state index in [0.717, 1.165) is 42.3 Å². The quantitative estimate of drug-likeness (QED) is 0.443. The summed E-state index contributed by atoms with van der Waals surface area (Å²) < 4.78 is 6.73. The van der Waals surface area contributed by atoms with Crippen molar-refractivity contribution in [3.05, 3.63) is 94.3 Å². The number of methoxy groups -OCH3 is 1. The zero-order valence-electron chi connectivity index (χ0n) is 17.2. The molecule has 0 bridgehead atoms. The van der Waals surface area contributed by atoms with Crippen LogP contribution in [0.3, 0.4) is 0 Å². The summed E-state index contributed by atoms with van der Waals surface area (Å²) >= 11 is 1.73. The average molecular weight is 431 g/mol. The van der Waals surface area contributed by atoms with Crippen LogP contribution in [0, 0.1) is 0 Å². The Morgan fingerprint density at radius 3 is 2.94 bits per heavy atom. The van der Waals surface area contributed by atoms with Gasteiger partial charge in [0.2, 0.25) is 0 Å². The Hall–Kier alpha value is -3.45. The summed E-state index contributed by atoms with van der Waals surface area (Å²) in [5.74, 6) is -0.297. The van der Waals surface area contributed by atoms with E-state index < -0.39 is 0 Å². The van der Waals surface area contributed by atoms with Crippen LogP contribution in [-0.4, -0.2) is 34.4 Å². The molecule has 3 heterocycles. The molecule has 0 unspecified atom stereocenters. The fraction of sp³-hybridized carbons (Fsp3) is 0.208. The van der Waals surface area contributed by atoms with Crippen molar-refractivity contribution in [1.29, 1.82) is 0 Å². The molecule has 0 N–H and O–H groups in total. The minimum atomic E-state index is -0.297. The predicted molar refractivity (Wildman–Crippen MR) is 121 cm³/mol. The molecular formula is C24H22N4O2S. The van der Waals surface area contributed by atoms with Gasteiger partial charge in [0.1, 0.15) is 0 Å². The number of carbonyl (C=O) groups is 1. The number of ether oxygens (including phenoxy) is 1. The van der Waals surface area contributed by atoms with Gasteiger partial charge in [-0.05, 0) is 53.4 Å². The van der Waals surface area contributed by atoms with E-state index in [0.29, 0.717) is 5.56 Å². The van der Waals surface area contributed by atoms with E-state index in [1.165, 1.54) is 23.1 Å². The fourth-order valence-corrected chi connectivity index (χ4v) is 4.89. The molecule has 31 heavy (non-hydrogen) atoms. The van der Waals surface area contributed by atoms with E-state index in [-0.39, 0.29) is 5.97 Å². The van der Waals surface area contributed by atoms with Crippen LogP contribution in [0.15, 0.2) is 67.1 Å². The first kappa shape index (κ1) is 19.5. The van der Waals surface area contributed by atoms with Crippen molar-refractivity contribution in [2.75, 3.05) is 18.6 Å². The monoisotopic (exact) mass is 430 g/mol. The summed E-state index contributed by atoms with van der Waals surface area (Å²) in [7, 11) is 1.41. The number of nitrogens with zero attached hydrogens (tertiary/aromatic N) is 4. The summed E-state index contributed by atoms with van der Waals surface area (Å²) in [6.45, 7) is 1.67. The lowest BCUT2D eigenvalue weighted by Crippen LogP contribution is -2.30. The number of rotatable bonds is 5. The zero-order valence-corrected chi connectivity index (χ0v) is 18.0. The first-order valence-corrected chi connectivity index (χ1v) is 11.0. The Balaban J connectivity index is 1.31. The molecule has 0 radical (unpaired) electrons. The van der Waals surface area contributed by atoms with Crippen LogP contribution in [-0.2, 0) is 24.1 Å². The summed E-state index contributed by atoms with van der Waals surface area (Å²) in [6.07, 6.45) is 7.49. The van der Waals surface area contributed by atoms with E-state index in [9.17, 15) is 4.79 Å². The standard InChI is InChI=1S/C24H22N4O2S/c1-30-23(29)19-7-6-18-8-11-27(16-20(18)14-19)24-25-15-22(31-24)13-17-4-2-5-21(12-17)28-10-3-9-26-28/h2-7,9-10,12,14-15H,8,11,13,16H2,1H3. The first-order chi connectivity index (χ1) is 15.2. The second kappa shape index (κ2) is 8.35. The topological polar surface area (TPSA) is 60.2 Å². The first-order valence-electron chi connectivity index (χ1n) is 10.2. The number of benzene rings is 2. The van der Waals surface area contributed by atoms with E-state index in [2.05, 4.69) is 34.3 Å². The van der Waals surface area contributed by atoms with Gasteiger partial charge in [0.15, 0.2) is 5.13 Å². The number of hydrogen-bond acceptors (Lipinski definition) is 6. The summed E-state index contributed by atoms with van der Waals surface area (Å²) in [5, 5.41) is 5.33. The Bertz CT molecular complexity index is 1220. The minimum Gasteiger partial charge on any atom is -0.465 e. The third kappa shape index (κ3) is 4.09. The molecule has 0 spiro atoms. The van der Waals surface area contributed by atoms with Gasteiger partial charge >= 0.3 is 5.97 Å². The Kier molecular flexibility index (Phi) is 5.26. The van der Waals surface area contributed by atoms with Crippen molar-refractivity contribution in [1.82, 2.24) is 14.8 Å². The summed E-state index contributed by atoms with van der Waals surface area (Å²) in [6, 6.07) is 16.2. The van der Waals surface area contributed by atoms with Crippen LogP contribution >= 0.6 is 11.3 Å². The second-order valence-corrected chi connectivity index (χ2v) is 8.65. The molecule has 5 rings (SSSR count). The van der Waals surface area contributed by atoms with Crippen molar-refractivity contribution >= 4 is 22.4 Å². The third-order valence-electron chi connectivity index (χ3n) is 5.51. The van der Waals surface area contributed by atoms with Gasteiger partial charge in [-0.25, -0.2) is 14.5 Å². The Labute approximate surface area is 184 Å². The van der Waals surface area contributed by atoms with Crippen molar-refractivity contribution in [3.8, 4) is 5.69 Å². The Morgan fingerprint density at radius 1 is 1.16 bits per heavy atom. The number of fused-ring (bicyclic) bond motifs is 1. The fourth-order valence-electron chi connectivity index (χ4n) is 3.92. The molecule has 2 aromatic heterocycles. The highest BCUT2D eigenvalue weighted by molar-refractivity contribution is 7.15. The van der Waals surface area contributed by atoms with E-state index >= 15 is 0 Å². The maximum absolute atomic E-state index is 11.9. The highest BCUT2D eigenvalue weighted by Crippen LogP contribution is 2.30. The number of esters is 1. The van der Waals surface area contributed by atoms with Crippen molar-refractivity contribution < 1.29 is 9.53 Å². The lowest BCUT2D eigenvalue weighted by Gasteiger charge is -2.28. The maximum Gasteiger partial charge on any atom is 0.337 e. The lowest BCUT2D eigenvalue weighted by atomic mass is 9.97. The molecule has 156 valence electrons. The number of carbonyl (C=O) groups excluding carboxylic acids is 1. The molecule has 7 heteroatoms. The van der Waals surface area contributed by atoms with Crippen LogP contribution < -0.4 is 4.90 Å². The smallest absolute Gasteiger partial charge is 0.337 e. The van der Waals surface area contributed by atoms with Gasteiger partial charge in [-0.3, -0.25) is 0 Å². The van der Waals surface area contributed by atoms with Gasteiger partial charge in [-0.15, -0.1) is 11.3 Å². The van der Waals surface area contributed by atoms with E-state index in [1.807, 2.05) is 41.3 Å². The number of aromatic nitrogens is 3. The molecule has 0 saturated carbocycles. The molecular weight excluding hydrogens is 408 g/mol. The van der Waals surface area contributed by atoms with Crippen LogP contribution in [0.5, 0.6) is 0 Å². The molecule has 0 atom stereocenters. The number of anilines is 1. The summed E-state index contributed by atoms with van der Waals surface area (Å²) in [4.78, 5) is 20.1. The van der Waals surface area contributed by atoms with Gasteiger partial charge in [0, 0.05) is 43.0 Å². The van der Waals surface area contributed by atoms with Crippen molar-refractivity contribution in [2.45, 2.75) is 19.4 Å². The molecule has 1 aliphatic heterocycles. The molecule has 0 aliphatic carbocycles. The van der Waals surface area contributed by atoms with E-state index in [1.54, 1.807) is 17.5 Å². The highest BCUT2D eigenvalue weighted by Gasteiger charge is 2.20. The van der Waals surface area contributed by atoms with Gasteiger partial charge in [-0.1, -0.05) is 18.2 Å². The van der Waals surface area contributed by atoms with Crippen molar-refractivity contribution in [2.24, 2.45) is 0 Å². The molecule has 0 fully saturated rings.